The Morgan fingerprint density at radius 2 is 1.97 bits per heavy atom. The van der Waals surface area contributed by atoms with Crippen LogP contribution < -0.4 is 15.6 Å². The second kappa shape index (κ2) is 9.45. The molecule has 0 unspecified atom stereocenters. The number of amides is 1. The van der Waals surface area contributed by atoms with Gasteiger partial charge in [0.05, 0.1) is 23.4 Å². The molecule has 1 amide bonds. The molecule has 2 heterocycles. The SMILES string of the molecule is CCCNC(=O)CSc1nc2sc(C)c(C)c2c(=O)n1-c1ccc(OCC)cc1. The molecule has 0 aliphatic carbocycles. The topological polar surface area (TPSA) is 73.2 Å². The van der Waals surface area contributed by atoms with E-state index < -0.39 is 0 Å². The smallest absolute Gasteiger partial charge is 0.267 e. The lowest BCUT2D eigenvalue weighted by Gasteiger charge is -2.13. The summed E-state index contributed by atoms with van der Waals surface area (Å²) in [5.41, 5.74) is 1.55. The number of aryl methyl sites for hydroxylation is 2. The number of nitrogens with zero attached hydrogens (tertiary/aromatic N) is 2. The Bertz CT molecular complexity index is 1070. The molecule has 1 N–H and O–H groups in total. The van der Waals surface area contributed by atoms with E-state index in [0.717, 1.165) is 22.6 Å². The maximum atomic E-state index is 13.4. The highest BCUT2D eigenvalue weighted by molar-refractivity contribution is 7.99. The van der Waals surface area contributed by atoms with E-state index in [9.17, 15) is 9.59 Å². The molecule has 0 aliphatic rings. The Morgan fingerprint density at radius 1 is 1.24 bits per heavy atom. The molecule has 154 valence electrons. The Morgan fingerprint density at radius 3 is 2.62 bits per heavy atom. The summed E-state index contributed by atoms with van der Waals surface area (Å²) in [6.45, 7) is 9.09. The number of rotatable bonds is 8. The molecule has 0 bridgehead atoms. The number of hydrogen-bond donors (Lipinski definition) is 1. The van der Waals surface area contributed by atoms with Crippen LogP contribution in [0, 0.1) is 13.8 Å². The standard InChI is InChI=1S/C21H25N3O3S2/c1-5-11-22-17(25)12-28-21-23-19-18(13(3)14(4)29-19)20(26)24(21)15-7-9-16(10-8-15)27-6-2/h7-10H,5-6,11-12H2,1-4H3,(H,22,25). The summed E-state index contributed by atoms with van der Waals surface area (Å²) < 4.78 is 7.10. The van der Waals surface area contributed by atoms with Gasteiger partial charge in [-0.1, -0.05) is 18.7 Å². The van der Waals surface area contributed by atoms with Crippen LogP contribution in [0.25, 0.3) is 15.9 Å². The number of benzene rings is 1. The van der Waals surface area contributed by atoms with E-state index in [2.05, 4.69) is 5.32 Å². The largest absolute Gasteiger partial charge is 0.494 e. The summed E-state index contributed by atoms with van der Waals surface area (Å²) in [6, 6.07) is 7.36. The van der Waals surface area contributed by atoms with Crippen LogP contribution in [0.3, 0.4) is 0 Å². The molecule has 8 heteroatoms. The summed E-state index contributed by atoms with van der Waals surface area (Å²) in [6.07, 6.45) is 0.880. The van der Waals surface area contributed by atoms with Crippen LogP contribution in [0.1, 0.15) is 30.7 Å². The minimum absolute atomic E-state index is 0.0667. The minimum atomic E-state index is -0.113. The van der Waals surface area contributed by atoms with Crippen LogP contribution in [-0.2, 0) is 4.79 Å². The Balaban J connectivity index is 2.06. The lowest BCUT2D eigenvalue weighted by molar-refractivity contribution is -0.118. The molecule has 0 aliphatic heterocycles. The highest BCUT2D eigenvalue weighted by Crippen LogP contribution is 2.29. The van der Waals surface area contributed by atoms with Crippen molar-refractivity contribution in [2.45, 2.75) is 39.3 Å². The van der Waals surface area contributed by atoms with Crippen LogP contribution in [0.4, 0.5) is 0 Å². The van der Waals surface area contributed by atoms with Gasteiger partial charge in [-0.15, -0.1) is 11.3 Å². The van der Waals surface area contributed by atoms with Crippen molar-refractivity contribution in [3.05, 3.63) is 45.1 Å². The number of thiophene rings is 1. The number of aromatic nitrogens is 2. The summed E-state index contributed by atoms with van der Waals surface area (Å²) >= 11 is 2.78. The van der Waals surface area contributed by atoms with E-state index in [1.165, 1.54) is 23.1 Å². The highest BCUT2D eigenvalue weighted by atomic mass is 32.2. The molecule has 0 atom stereocenters. The predicted octanol–water partition coefficient (Wildman–Crippen LogP) is 4.08. The fraction of sp³-hybridized carbons (Fsp3) is 0.381. The van der Waals surface area contributed by atoms with Crippen molar-refractivity contribution >= 4 is 39.2 Å². The maximum Gasteiger partial charge on any atom is 0.267 e. The molecule has 29 heavy (non-hydrogen) atoms. The molecule has 3 rings (SSSR count). The van der Waals surface area contributed by atoms with Gasteiger partial charge in [-0.2, -0.15) is 0 Å². The van der Waals surface area contributed by atoms with Crippen LogP contribution in [0.5, 0.6) is 5.75 Å². The zero-order valence-corrected chi connectivity index (χ0v) is 18.7. The lowest BCUT2D eigenvalue weighted by atomic mass is 10.2. The van der Waals surface area contributed by atoms with Crippen LogP contribution >= 0.6 is 23.1 Å². The van der Waals surface area contributed by atoms with Gasteiger partial charge in [0.15, 0.2) is 5.16 Å². The third kappa shape index (κ3) is 4.64. The maximum absolute atomic E-state index is 13.4. The third-order valence-electron chi connectivity index (χ3n) is 4.48. The van der Waals surface area contributed by atoms with Gasteiger partial charge in [-0.25, -0.2) is 4.98 Å². The lowest BCUT2D eigenvalue weighted by Crippen LogP contribution is -2.27. The van der Waals surface area contributed by atoms with Gasteiger partial charge in [0, 0.05) is 11.4 Å². The number of carbonyl (C=O) groups is 1. The molecule has 3 aromatic rings. The van der Waals surface area contributed by atoms with E-state index in [1.807, 2.05) is 52.0 Å². The Hall–Kier alpha value is -2.32. The van der Waals surface area contributed by atoms with Gasteiger partial charge in [-0.3, -0.25) is 14.2 Å². The first-order chi connectivity index (χ1) is 14.0. The summed E-state index contributed by atoms with van der Waals surface area (Å²) in [7, 11) is 0. The Kier molecular flexibility index (Phi) is 6.97. The zero-order valence-electron chi connectivity index (χ0n) is 17.1. The predicted molar refractivity (Wildman–Crippen MR) is 120 cm³/mol. The van der Waals surface area contributed by atoms with Crippen LogP contribution in [0.15, 0.2) is 34.2 Å². The van der Waals surface area contributed by atoms with Crippen molar-refractivity contribution in [2.24, 2.45) is 0 Å². The number of ether oxygens (including phenoxy) is 1. The van der Waals surface area contributed by atoms with Crippen molar-refractivity contribution in [2.75, 3.05) is 18.9 Å². The van der Waals surface area contributed by atoms with Crippen molar-refractivity contribution in [3.63, 3.8) is 0 Å². The second-order valence-electron chi connectivity index (χ2n) is 6.56. The average Bonchev–Trinajstić information content (AvgIpc) is 2.99. The number of fused-ring (bicyclic) bond motifs is 1. The second-order valence-corrected chi connectivity index (χ2v) is 8.71. The van der Waals surface area contributed by atoms with Crippen LogP contribution in [0.2, 0.25) is 0 Å². The fourth-order valence-electron chi connectivity index (χ4n) is 2.90. The first-order valence-corrected chi connectivity index (χ1v) is 11.4. The average molecular weight is 432 g/mol. The van der Waals surface area contributed by atoms with Crippen molar-refractivity contribution in [1.82, 2.24) is 14.9 Å². The molecular weight excluding hydrogens is 406 g/mol. The number of hydrogen-bond acceptors (Lipinski definition) is 6. The zero-order chi connectivity index (χ0) is 21.0. The first-order valence-electron chi connectivity index (χ1n) is 9.61. The van der Waals surface area contributed by atoms with Gasteiger partial charge >= 0.3 is 0 Å². The number of thioether (sulfide) groups is 1. The monoisotopic (exact) mass is 431 g/mol. The van der Waals surface area contributed by atoms with Crippen LogP contribution in [-0.4, -0.2) is 34.4 Å². The summed E-state index contributed by atoms with van der Waals surface area (Å²) in [5, 5.41) is 4.01. The fourth-order valence-corrected chi connectivity index (χ4v) is 4.82. The molecule has 1 aromatic carbocycles. The molecule has 2 aromatic heterocycles. The van der Waals surface area contributed by atoms with Crippen molar-refractivity contribution < 1.29 is 9.53 Å². The molecule has 0 saturated heterocycles. The molecular formula is C21H25N3O3S2. The minimum Gasteiger partial charge on any atom is -0.494 e. The van der Waals surface area contributed by atoms with Gasteiger partial charge in [0.25, 0.3) is 5.56 Å². The van der Waals surface area contributed by atoms with E-state index in [0.29, 0.717) is 34.2 Å². The highest BCUT2D eigenvalue weighted by Gasteiger charge is 2.18. The third-order valence-corrected chi connectivity index (χ3v) is 6.52. The first kappa shape index (κ1) is 21.4. The molecule has 6 nitrogen and oxygen atoms in total. The van der Waals surface area contributed by atoms with Crippen molar-refractivity contribution in [3.8, 4) is 11.4 Å². The molecule has 0 radical (unpaired) electrons. The van der Waals surface area contributed by atoms with E-state index in [4.69, 9.17) is 9.72 Å². The molecule has 0 saturated carbocycles. The van der Waals surface area contributed by atoms with E-state index >= 15 is 0 Å². The van der Waals surface area contributed by atoms with E-state index in [1.54, 1.807) is 4.57 Å². The quantitative estimate of drug-likeness (QED) is 0.430. The Labute approximate surface area is 178 Å². The van der Waals surface area contributed by atoms with Gasteiger partial charge in [0.1, 0.15) is 10.6 Å². The summed E-state index contributed by atoms with van der Waals surface area (Å²) in [4.78, 5) is 32.0. The van der Waals surface area contributed by atoms with Gasteiger partial charge in [0.2, 0.25) is 5.91 Å². The van der Waals surface area contributed by atoms with E-state index in [-0.39, 0.29) is 17.2 Å². The number of carbonyl (C=O) groups excluding carboxylic acids is 1. The van der Waals surface area contributed by atoms with Gasteiger partial charge in [-0.05, 0) is 57.0 Å². The van der Waals surface area contributed by atoms with Gasteiger partial charge < -0.3 is 10.1 Å². The normalized spacial score (nSPS) is 11.0. The summed E-state index contributed by atoms with van der Waals surface area (Å²) in [5.74, 6) is 0.884. The number of nitrogens with one attached hydrogen (secondary N) is 1. The van der Waals surface area contributed by atoms with Crippen molar-refractivity contribution in [1.29, 1.82) is 0 Å². The molecule has 0 fully saturated rings. The molecule has 0 spiro atoms.